The Morgan fingerprint density at radius 3 is 2.78 bits per heavy atom. The van der Waals surface area contributed by atoms with E-state index in [1.165, 1.54) is 7.11 Å². The lowest BCUT2D eigenvalue weighted by Gasteiger charge is -2.13. The quantitative estimate of drug-likeness (QED) is 0.620. The van der Waals surface area contributed by atoms with Gasteiger partial charge in [0.15, 0.2) is 0 Å². The lowest BCUT2D eigenvalue weighted by molar-refractivity contribution is -0.149. The van der Waals surface area contributed by atoms with E-state index < -0.39 is 29.9 Å². The van der Waals surface area contributed by atoms with E-state index in [9.17, 15) is 14.4 Å². The molecule has 1 saturated heterocycles. The van der Waals surface area contributed by atoms with E-state index in [0.29, 0.717) is 11.3 Å². The highest BCUT2D eigenvalue weighted by atomic mass is 16.6. The second-order valence-corrected chi connectivity index (χ2v) is 4.98. The molecule has 0 aliphatic carbocycles. The molecule has 1 aliphatic heterocycles. The fourth-order valence-electron chi connectivity index (χ4n) is 2.41. The van der Waals surface area contributed by atoms with Crippen LogP contribution in [-0.2, 0) is 23.9 Å². The maximum absolute atomic E-state index is 12.0. The standard InChI is InChI=1S/C16H19NO6/c1-3-22-14(18)9-17-15(19)11-8-13(23-16(11)20)10-6-4-5-7-12(10)21-2/h4-7,11,13H,3,8-9H2,1-2H3,(H,17,19)/t11-,13+/m1/s1. The van der Waals surface area contributed by atoms with Gasteiger partial charge in [0.2, 0.25) is 5.91 Å². The lowest BCUT2D eigenvalue weighted by atomic mass is 9.99. The van der Waals surface area contributed by atoms with Crippen molar-refractivity contribution in [2.45, 2.75) is 19.4 Å². The molecule has 23 heavy (non-hydrogen) atoms. The molecule has 1 fully saturated rings. The first kappa shape index (κ1) is 16.8. The second kappa shape index (κ2) is 7.62. The summed E-state index contributed by atoms with van der Waals surface area (Å²) in [6, 6.07) is 7.16. The van der Waals surface area contributed by atoms with Crippen LogP contribution in [0, 0.1) is 5.92 Å². The topological polar surface area (TPSA) is 90.9 Å². The maximum Gasteiger partial charge on any atom is 0.325 e. The first-order valence-electron chi connectivity index (χ1n) is 7.33. The van der Waals surface area contributed by atoms with Gasteiger partial charge < -0.3 is 19.5 Å². The first-order valence-corrected chi connectivity index (χ1v) is 7.33. The minimum atomic E-state index is -0.945. The molecule has 0 unspecified atom stereocenters. The Morgan fingerprint density at radius 2 is 2.09 bits per heavy atom. The molecule has 1 heterocycles. The molecule has 0 aromatic heterocycles. The third-order valence-electron chi connectivity index (χ3n) is 3.51. The van der Waals surface area contributed by atoms with Crippen LogP contribution in [0.25, 0.3) is 0 Å². The zero-order valence-electron chi connectivity index (χ0n) is 13.0. The van der Waals surface area contributed by atoms with Crippen LogP contribution in [-0.4, -0.2) is 38.1 Å². The van der Waals surface area contributed by atoms with Crippen LogP contribution in [0.3, 0.4) is 0 Å². The highest BCUT2D eigenvalue weighted by molar-refractivity contribution is 6.00. The summed E-state index contributed by atoms with van der Waals surface area (Å²) in [5.41, 5.74) is 0.712. The fourth-order valence-corrected chi connectivity index (χ4v) is 2.41. The molecule has 1 aromatic rings. The van der Waals surface area contributed by atoms with Gasteiger partial charge in [0, 0.05) is 12.0 Å². The minimum Gasteiger partial charge on any atom is -0.496 e. The van der Waals surface area contributed by atoms with Gasteiger partial charge in [0.05, 0.1) is 13.7 Å². The minimum absolute atomic E-state index is 0.202. The van der Waals surface area contributed by atoms with E-state index in [-0.39, 0.29) is 19.6 Å². The number of amides is 1. The average Bonchev–Trinajstić information content (AvgIpc) is 2.94. The van der Waals surface area contributed by atoms with Crippen molar-refractivity contribution in [3.8, 4) is 5.75 Å². The van der Waals surface area contributed by atoms with Crippen molar-refractivity contribution in [1.82, 2.24) is 5.32 Å². The van der Waals surface area contributed by atoms with Gasteiger partial charge >= 0.3 is 11.9 Å². The highest BCUT2D eigenvalue weighted by Gasteiger charge is 2.41. The summed E-state index contributed by atoms with van der Waals surface area (Å²) in [6.07, 6.45) is -0.342. The number of cyclic esters (lactones) is 1. The predicted octanol–water partition coefficient (Wildman–Crippen LogP) is 0.979. The normalized spacial score (nSPS) is 19.8. The van der Waals surface area contributed by atoms with E-state index in [4.69, 9.17) is 14.2 Å². The predicted molar refractivity (Wildman–Crippen MR) is 79.6 cm³/mol. The molecule has 7 heteroatoms. The summed E-state index contributed by atoms with van der Waals surface area (Å²) in [7, 11) is 1.53. The van der Waals surface area contributed by atoms with Crippen LogP contribution in [0.15, 0.2) is 24.3 Å². The van der Waals surface area contributed by atoms with Crippen molar-refractivity contribution in [3.63, 3.8) is 0 Å². The molecule has 1 amide bonds. The summed E-state index contributed by atoms with van der Waals surface area (Å²) in [4.78, 5) is 35.2. The zero-order chi connectivity index (χ0) is 16.8. The van der Waals surface area contributed by atoms with Gasteiger partial charge in [-0.15, -0.1) is 0 Å². The number of hydrogen-bond acceptors (Lipinski definition) is 6. The van der Waals surface area contributed by atoms with E-state index in [1.807, 2.05) is 6.07 Å². The number of methoxy groups -OCH3 is 1. The molecule has 2 rings (SSSR count). The Balaban J connectivity index is 1.99. The van der Waals surface area contributed by atoms with Gasteiger partial charge in [0.1, 0.15) is 24.3 Å². The molecule has 0 radical (unpaired) electrons. The zero-order valence-corrected chi connectivity index (χ0v) is 13.0. The molecule has 0 bridgehead atoms. The molecule has 1 aliphatic rings. The van der Waals surface area contributed by atoms with Gasteiger partial charge in [-0.2, -0.15) is 0 Å². The molecule has 0 spiro atoms. The molecule has 1 aromatic carbocycles. The number of para-hydroxylation sites is 1. The fraction of sp³-hybridized carbons (Fsp3) is 0.438. The maximum atomic E-state index is 12.0. The molecule has 0 saturated carbocycles. The van der Waals surface area contributed by atoms with Crippen molar-refractivity contribution in [2.24, 2.45) is 5.92 Å². The van der Waals surface area contributed by atoms with Crippen molar-refractivity contribution in [3.05, 3.63) is 29.8 Å². The monoisotopic (exact) mass is 321 g/mol. The number of rotatable bonds is 6. The smallest absolute Gasteiger partial charge is 0.325 e. The van der Waals surface area contributed by atoms with E-state index in [2.05, 4.69) is 5.32 Å². The molecule has 1 N–H and O–H groups in total. The van der Waals surface area contributed by atoms with Gasteiger partial charge in [-0.3, -0.25) is 14.4 Å². The molecule has 124 valence electrons. The summed E-state index contributed by atoms with van der Waals surface area (Å²) in [5.74, 6) is -2.05. The van der Waals surface area contributed by atoms with Crippen LogP contribution in [0.5, 0.6) is 5.75 Å². The van der Waals surface area contributed by atoms with Crippen molar-refractivity contribution >= 4 is 17.8 Å². The Labute approximate surface area is 133 Å². The average molecular weight is 321 g/mol. The third-order valence-corrected chi connectivity index (χ3v) is 3.51. The Hall–Kier alpha value is -2.57. The number of esters is 2. The molecular weight excluding hydrogens is 302 g/mol. The first-order chi connectivity index (χ1) is 11.1. The van der Waals surface area contributed by atoms with Crippen molar-refractivity contribution in [2.75, 3.05) is 20.3 Å². The lowest BCUT2D eigenvalue weighted by Crippen LogP contribution is -2.37. The van der Waals surface area contributed by atoms with Crippen molar-refractivity contribution in [1.29, 1.82) is 0 Å². The molecule has 2 atom stereocenters. The van der Waals surface area contributed by atoms with Crippen molar-refractivity contribution < 1.29 is 28.6 Å². The Bertz CT molecular complexity index is 600. The summed E-state index contributed by atoms with van der Waals surface area (Å²) < 4.78 is 15.2. The summed E-state index contributed by atoms with van der Waals surface area (Å²) in [6.45, 7) is 1.64. The van der Waals surface area contributed by atoms with Crippen LogP contribution >= 0.6 is 0 Å². The summed E-state index contributed by atoms with van der Waals surface area (Å²) >= 11 is 0. The van der Waals surface area contributed by atoms with E-state index >= 15 is 0 Å². The highest BCUT2D eigenvalue weighted by Crippen LogP contribution is 2.37. The van der Waals surface area contributed by atoms with Crippen LogP contribution < -0.4 is 10.1 Å². The van der Waals surface area contributed by atoms with Crippen LogP contribution in [0.4, 0.5) is 0 Å². The number of benzene rings is 1. The van der Waals surface area contributed by atoms with Crippen LogP contribution in [0.2, 0.25) is 0 Å². The van der Waals surface area contributed by atoms with Crippen LogP contribution in [0.1, 0.15) is 25.0 Å². The number of carbonyl (C=O) groups excluding carboxylic acids is 3. The molecular formula is C16H19NO6. The van der Waals surface area contributed by atoms with Gasteiger partial charge in [-0.05, 0) is 13.0 Å². The van der Waals surface area contributed by atoms with Gasteiger partial charge in [-0.25, -0.2) is 0 Å². The largest absolute Gasteiger partial charge is 0.496 e. The molecule has 7 nitrogen and oxygen atoms in total. The van der Waals surface area contributed by atoms with Gasteiger partial charge in [-0.1, -0.05) is 18.2 Å². The van der Waals surface area contributed by atoms with Gasteiger partial charge in [0.25, 0.3) is 0 Å². The Morgan fingerprint density at radius 1 is 1.35 bits per heavy atom. The number of hydrogen-bond donors (Lipinski definition) is 1. The van der Waals surface area contributed by atoms with E-state index in [0.717, 1.165) is 0 Å². The number of ether oxygens (including phenoxy) is 3. The number of nitrogens with one attached hydrogen (secondary N) is 1. The second-order valence-electron chi connectivity index (χ2n) is 4.98. The summed E-state index contributed by atoms with van der Waals surface area (Å²) in [5, 5.41) is 2.39. The Kier molecular flexibility index (Phi) is 5.56. The number of carbonyl (C=O) groups is 3. The van der Waals surface area contributed by atoms with E-state index in [1.54, 1.807) is 25.1 Å². The third kappa shape index (κ3) is 4.00. The SMILES string of the molecule is CCOC(=O)CNC(=O)[C@H]1C[C@@H](c2ccccc2OC)OC1=O.